The first-order chi connectivity index (χ1) is 15.6. The van der Waals surface area contributed by atoms with Gasteiger partial charge in [0.1, 0.15) is 5.65 Å². The summed E-state index contributed by atoms with van der Waals surface area (Å²) < 4.78 is 2.20. The number of pyridine rings is 1. The van der Waals surface area contributed by atoms with Crippen LogP contribution in [0.3, 0.4) is 0 Å². The number of carbonyl (C=O) groups is 1. The normalized spacial score (nSPS) is 20.6. The van der Waals surface area contributed by atoms with E-state index < -0.39 is 0 Å². The van der Waals surface area contributed by atoms with E-state index in [0.29, 0.717) is 12.0 Å². The second-order valence-corrected chi connectivity index (χ2v) is 9.55. The van der Waals surface area contributed by atoms with Crippen LogP contribution in [0.4, 0.5) is 0 Å². The van der Waals surface area contributed by atoms with Crippen molar-refractivity contribution in [3.8, 4) is 0 Å². The summed E-state index contributed by atoms with van der Waals surface area (Å²) >= 11 is 0. The predicted molar refractivity (Wildman–Crippen MR) is 125 cm³/mol. The Morgan fingerprint density at radius 3 is 2.88 bits per heavy atom. The van der Waals surface area contributed by atoms with Gasteiger partial charge in [-0.3, -0.25) is 14.8 Å². The third kappa shape index (κ3) is 4.06. The molecule has 1 saturated carbocycles. The summed E-state index contributed by atoms with van der Waals surface area (Å²) in [5.41, 5.74) is 5.11. The van der Waals surface area contributed by atoms with E-state index in [0.717, 1.165) is 67.9 Å². The fourth-order valence-electron chi connectivity index (χ4n) is 5.60. The molecule has 1 atom stereocenters. The highest BCUT2D eigenvalue weighted by Gasteiger charge is 2.30. The Bertz CT molecular complexity index is 1080. The number of H-pyrrole nitrogens is 1. The molecule has 0 bridgehead atoms. The van der Waals surface area contributed by atoms with Gasteiger partial charge in [-0.1, -0.05) is 25.3 Å². The van der Waals surface area contributed by atoms with Crippen LogP contribution in [0.5, 0.6) is 0 Å². The molecular weight excluding hydrogens is 400 g/mol. The number of fused-ring (bicyclic) bond motifs is 1. The first-order valence-electron chi connectivity index (χ1n) is 12.1. The van der Waals surface area contributed by atoms with Crippen molar-refractivity contribution in [1.29, 1.82) is 0 Å². The predicted octanol–water partition coefficient (Wildman–Crippen LogP) is 4.15. The van der Waals surface area contributed by atoms with Crippen LogP contribution >= 0.6 is 0 Å². The molecule has 5 rings (SSSR count). The van der Waals surface area contributed by atoms with Crippen LogP contribution in [0.1, 0.15) is 78.3 Å². The smallest absolute Gasteiger partial charge is 0.257 e. The molecule has 7 heteroatoms. The zero-order valence-corrected chi connectivity index (χ0v) is 19.3. The number of rotatable bonds is 5. The lowest BCUT2D eigenvalue weighted by Gasteiger charge is -2.34. The van der Waals surface area contributed by atoms with Crippen molar-refractivity contribution in [2.45, 2.75) is 70.4 Å². The molecule has 0 aromatic carbocycles. The molecule has 0 spiro atoms. The van der Waals surface area contributed by atoms with Crippen LogP contribution in [-0.2, 0) is 6.54 Å². The van der Waals surface area contributed by atoms with E-state index in [9.17, 15) is 4.79 Å². The average molecular weight is 435 g/mol. The molecule has 7 nitrogen and oxygen atoms in total. The number of hydrogen-bond acceptors (Lipinski definition) is 4. The summed E-state index contributed by atoms with van der Waals surface area (Å²) in [5, 5.41) is 7.49. The Hall–Kier alpha value is -2.67. The first kappa shape index (κ1) is 21.2. The number of amides is 1. The molecule has 32 heavy (non-hydrogen) atoms. The first-order valence-corrected chi connectivity index (χ1v) is 12.1. The Morgan fingerprint density at radius 1 is 1.19 bits per heavy atom. The lowest BCUT2D eigenvalue weighted by Crippen LogP contribution is -2.39. The molecule has 2 aliphatic rings. The highest BCUT2D eigenvalue weighted by Crippen LogP contribution is 2.31. The third-order valence-electron chi connectivity index (χ3n) is 7.46. The van der Waals surface area contributed by atoms with E-state index in [1.54, 1.807) is 6.20 Å². The number of likely N-dealkylation sites (tertiary alicyclic amines) is 1. The number of aryl methyl sites for hydroxylation is 1. The van der Waals surface area contributed by atoms with E-state index in [1.165, 1.54) is 25.0 Å². The fraction of sp³-hybridized carbons (Fsp3) is 0.560. The molecule has 4 heterocycles. The molecule has 3 aromatic heterocycles. The van der Waals surface area contributed by atoms with Crippen molar-refractivity contribution in [2.75, 3.05) is 20.1 Å². The highest BCUT2D eigenvalue weighted by atomic mass is 16.2. The standard InChI is InChI=1S/C25H34N6O/c1-18-22(31-14-7-6-12-23(31)27-18)17-30-13-8-9-19(16-30)24-21(15-26-28-24)25(32)29(2)20-10-4-3-5-11-20/h6-7,12,14-15,19-20H,3-5,8-11,13,16-17H2,1-2H3,(H,26,28). The summed E-state index contributed by atoms with van der Waals surface area (Å²) in [6.07, 6.45) is 12.0. The minimum Gasteiger partial charge on any atom is -0.339 e. The number of piperidine rings is 1. The maximum absolute atomic E-state index is 13.3. The molecule has 1 N–H and O–H groups in total. The van der Waals surface area contributed by atoms with Gasteiger partial charge in [-0.15, -0.1) is 0 Å². The quantitative estimate of drug-likeness (QED) is 0.655. The monoisotopic (exact) mass is 434 g/mol. The van der Waals surface area contributed by atoms with Gasteiger partial charge in [-0.25, -0.2) is 4.98 Å². The number of nitrogens with one attached hydrogen (secondary N) is 1. The molecule has 3 aromatic rings. The summed E-state index contributed by atoms with van der Waals surface area (Å²) in [7, 11) is 1.97. The Balaban J connectivity index is 1.31. The highest BCUT2D eigenvalue weighted by molar-refractivity contribution is 5.95. The maximum Gasteiger partial charge on any atom is 0.257 e. The molecule has 2 fully saturated rings. The minimum absolute atomic E-state index is 0.121. The van der Waals surface area contributed by atoms with Gasteiger partial charge in [0.25, 0.3) is 5.91 Å². The topological polar surface area (TPSA) is 69.5 Å². The van der Waals surface area contributed by atoms with E-state index in [4.69, 9.17) is 4.98 Å². The number of imidazole rings is 1. The van der Waals surface area contributed by atoms with Crippen molar-refractivity contribution >= 4 is 11.6 Å². The van der Waals surface area contributed by atoms with E-state index >= 15 is 0 Å². The van der Waals surface area contributed by atoms with Gasteiger partial charge in [0.05, 0.1) is 28.8 Å². The van der Waals surface area contributed by atoms with E-state index in [-0.39, 0.29) is 5.91 Å². The number of carbonyl (C=O) groups excluding carboxylic acids is 1. The Morgan fingerprint density at radius 2 is 2.03 bits per heavy atom. The lowest BCUT2D eigenvalue weighted by atomic mass is 9.91. The van der Waals surface area contributed by atoms with Gasteiger partial charge in [0.15, 0.2) is 0 Å². The summed E-state index contributed by atoms with van der Waals surface area (Å²) in [5.74, 6) is 0.417. The Labute approximate surface area is 189 Å². The van der Waals surface area contributed by atoms with Gasteiger partial charge < -0.3 is 9.30 Å². The minimum atomic E-state index is 0.121. The van der Waals surface area contributed by atoms with Gasteiger partial charge in [-0.2, -0.15) is 5.10 Å². The van der Waals surface area contributed by atoms with E-state index in [2.05, 4.69) is 44.8 Å². The van der Waals surface area contributed by atoms with Crippen molar-refractivity contribution in [3.63, 3.8) is 0 Å². The van der Waals surface area contributed by atoms with Crippen LogP contribution in [0, 0.1) is 6.92 Å². The van der Waals surface area contributed by atoms with Crippen molar-refractivity contribution in [3.05, 3.63) is 53.2 Å². The molecule has 1 amide bonds. The average Bonchev–Trinajstić information content (AvgIpc) is 3.44. The second-order valence-electron chi connectivity index (χ2n) is 9.55. The molecule has 1 saturated heterocycles. The van der Waals surface area contributed by atoms with Gasteiger partial charge >= 0.3 is 0 Å². The van der Waals surface area contributed by atoms with Crippen LogP contribution < -0.4 is 0 Å². The van der Waals surface area contributed by atoms with E-state index in [1.807, 2.05) is 18.0 Å². The molecular formula is C25H34N6O. The SMILES string of the molecule is Cc1nc2ccccn2c1CN1CCCC(c2[nH]ncc2C(=O)N(C)C2CCCCC2)C1. The fourth-order valence-corrected chi connectivity index (χ4v) is 5.60. The zero-order valence-electron chi connectivity index (χ0n) is 19.3. The maximum atomic E-state index is 13.3. The summed E-state index contributed by atoms with van der Waals surface area (Å²) in [6, 6.07) is 6.51. The second kappa shape index (κ2) is 9.06. The third-order valence-corrected chi connectivity index (χ3v) is 7.46. The molecule has 1 aliphatic heterocycles. The van der Waals surface area contributed by atoms with Crippen LogP contribution in [-0.4, -0.2) is 61.5 Å². The number of hydrogen-bond donors (Lipinski definition) is 1. The van der Waals surface area contributed by atoms with Crippen LogP contribution in [0.25, 0.3) is 5.65 Å². The number of aromatic amines is 1. The van der Waals surface area contributed by atoms with Crippen molar-refractivity contribution in [2.24, 2.45) is 0 Å². The van der Waals surface area contributed by atoms with Gasteiger partial charge in [0, 0.05) is 38.3 Å². The Kier molecular flexibility index (Phi) is 6.00. The summed E-state index contributed by atoms with van der Waals surface area (Å²) in [4.78, 5) is 22.5. The molecule has 1 aliphatic carbocycles. The number of aromatic nitrogens is 4. The van der Waals surface area contributed by atoms with Gasteiger partial charge in [0.2, 0.25) is 0 Å². The van der Waals surface area contributed by atoms with Crippen molar-refractivity contribution < 1.29 is 4.79 Å². The van der Waals surface area contributed by atoms with Crippen LogP contribution in [0.15, 0.2) is 30.6 Å². The van der Waals surface area contributed by atoms with Gasteiger partial charge in [-0.05, 0) is 51.3 Å². The summed E-state index contributed by atoms with van der Waals surface area (Å²) in [6.45, 7) is 4.95. The lowest BCUT2D eigenvalue weighted by molar-refractivity contribution is 0.0693. The molecule has 0 radical (unpaired) electrons. The van der Waals surface area contributed by atoms with Crippen molar-refractivity contribution in [1.82, 2.24) is 29.4 Å². The zero-order chi connectivity index (χ0) is 22.1. The van der Waals surface area contributed by atoms with Crippen LogP contribution in [0.2, 0.25) is 0 Å². The largest absolute Gasteiger partial charge is 0.339 e. The molecule has 1 unspecified atom stereocenters. The molecule has 170 valence electrons. The number of nitrogens with zero attached hydrogens (tertiary/aromatic N) is 5.